The highest BCUT2D eigenvalue weighted by Gasteiger charge is 2.17. The largest absolute Gasteiger partial charge is 0.342 e. The van der Waals surface area contributed by atoms with Crippen LogP contribution in [-0.4, -0.2) is 40.2 Å². The lowest BCUT2D eigenvalue weighted by Crippen LogP contribution is -2.34. The van der Waals surface area contributed by atoms with Crippen molar-refractivity contribution in [2.24, 2.45) is 11.7 Å². The number of benzene rings is 1. The van der Waals surface area contributed by atoms with E-state index in [0.717, 1.165) is 6.42 Å². The molecule has 5 nitrogen and oxygen atoms in total. The highest BCUT2D eigenvalue weighted by molar-refractivity contribution is 6.35. The summed E-state index contributed by atoms with van der Waals surface area (Å²) in [4.78, 5) is 14.1. The van der Waals surface area contributed by atoms with Gasteiger partial charge >= 0.3 is 0 Å². The first kappa shape index (κ1) is 18.8. The third-order valence-electron chi connectivity index (χ3n) is 3.99. The molecule has 1 atom stereocenters. The second kappa shape index (κ2) is 8.01. The van der Waals surface area contributed by atoms with Crippen molar-refractivity contribution in [2.45, 2.75) is 26.3 Å². The van der Waals surface area contributed by atoms with Crippen LogP contribution >= 0.6 is 23.2 Å². The van der Waals surface area contributed by atoms with Gasteiger partial charge in [-0.2, -0.15) is 5.10 Å². The van der Waals surface area contributed by atoms with Gasteiger partial charge in [0, 0.05) is 30.9 Å². The summed E-state index contributed by atoms with van der Waals surface area (Å²) in [5.74, 6) is 0.297. The van der Waals surface area contributed by atoms with Gasteiger partial charge in [0.05, 0.1) is 22.5 Å². The van der Waals surface area contributed by atoms with Crippen LogP contribution in [0.2, 0.25) is 10.0 Å². The van der Waals surface area contributed by atoms with Gasteiger partial charge in [-0.05, 0) is 30.5 Å². The number of amides is 1. The first-order valence-corrected chi connectivity index (χ1v) is 8.56. The maximum Gasteiger partial charge on any atom is 0.256 e. The predicted octanol–water partition coefficient (Wildman–Crippen LogP) is 3.62. The lowest BCUT2D eigenvalue weighted by atomic mass is 10.0. The van der Waals surface area contributed by atoms with E-state index in [-0.39, 0.29) is 11.9 Å². The fourth-order valence-corrected chi connectivity index (χ4v) is 2.73. The molecule has 24 heavy (non-hydrogen) atoms. The number of hydrogen-bond donors (Lipinski definition) is 1. The van der Waals surface area contributed by atoms with Crippen molar-refractivity contribution in [1.29, 1.82) is 0 Å². The first-order chi connectivity index (χ1) is 11.3. The Balaban J connectivity index is 2.08. The van der Waals surface area contributed by atoms with Crippen LogP contribution in [0.5, 0.6) is 0 Å². The van der Waals surface area contributed by atoms with Crippen molar-refractivity contribution in [3.05, 3.63) is 46.2 Å². The zero-order valence-corrected chi connectivity index (χ0v) is 15.6. The van der Waals surface area contributed by atoms with E-state index in [1.54, 1.807) is 41.0 Å². The van der Waals surface area contributed by atoms with Crippen LogP contribution in [0.3, 0.4) is 0 Å². The first-order valence-electron chi connectivity index (χ1n) is 7.80. The Labute approximate surface area is 152 Å². The molecule has 2 rings (SSSR count). The minimum absolute atomic E-state index is 0.0795. The molecule has 1 heterocycles. The summed E-state index contributed by atoms with van der Waals surface area (Å²) in [7, 11) is 1.77. The number of aromatic nitrogens is 2. The fraction of sp³-hybridized carbons (Fsp3) is 0.412. The van der Waals surface area contributed by atoms with Crippen LogP contribution in [-0.2, 0) is 0 Å². The summed E-state index contributed by atoms with van der Waals surface area (Å²) in [6.07, 6.45) is 3.96. The van der Waals surface area contributed by atoms with Crippen molar-refractivity contribution in [3.63, 3.8) is 0 Å². The molecule has 1 unspecified atom stereocenters. The van der Waals surface area contributed by atoms with E-state index < -0.39 is 0 Å². The van der Waals surface area contributed by atoms with Gasteiger partial charge in [-0.1, -0.05) is 37.0 Å². The van der Waals surface area contributed by atoms with Crippen molar-refractivity contribution < 1.29 is 4.79 Å². The number of halogens is 2. The fourth-order valence-electron chi connectivity index (χ4n) is 2.23. The van der Waals surface area contributed by atoms with E-state index in [9.17, 15) is 4.79 Å². The molecule has 0 saturated heterocycles. The van der Waals surface area contributed by atoms with E-state index in [4.69, 9.17) is 28.9 Å². The number of nitrogens with two attached hydrogens (primary N) is 1. The smallest absolute Gasteiger partial charge is 0.256 e. The molecule has 2 N–H and O–H groups in total. The van der Waals surface area contributed by atoms with Crippen molar-refractivity contribution in [1.82, 2.24) is 14.7 Å². The number of nitrogens with zero attached hydrogens (tertiary/aromatic N) is 3. The molecule has 7 heteroatoms. The predicted molar refractivity (Wildman–Crippen MR) is 98.0 cm³/mol. The van der Waals surface area contributed by atoms with Gasteiger partial charge in [-0.3, -0.25) is 4.79 Å². The zero-order valence-electron chi connectivity index (χ0n) is 14.0. The Morgan fingerprint density at radius 2 is 2.08 bits per heavy atom. The van der Waals surface area contributed by atoms with Gasteiger partial charge in [-0.15, -0.1) is 0 Å². The molecular weight excluding hydrogens is 347 g/mol. The highest BCUT2D eigenvalue weighted by Crippen LogP contribution is 2.24. The summed E-state index contributed by atoms with van der Waals surface area (Å²) < 4.78 is 1.57. The van der Waals surface area contributed by atoms with Gasteiger partial charge in [0.1, 0.15) is 0 Å². The number of hydrogen-bond acceptors (Lipinski definition) is 3. The molecule has 0 fully saturated rings. The summed E-state index contributed by atoms with van der Waals surface area (Å²) in [6.45, 7) is 4.75. The van der Waals surface area contributed by atoms with E-state index in [0.29, 0.717) is 33.8 Å². The maximum atomic E-state index is 12.5. The average Bonchev–Trinajstić information content (AvgIpc) is 3.00. The molecule has 0 aliphatic rings. The molecule has 0 aliphatic heterocycles. The lowest BCUT2D eigenvalue weighted by molar-refractivity contribution is 0.0789. The van der Waals surface area contributed by atoms with E-state index in [1.165, 1.54) is 6.20 Å². The second-order valence-electron chi connectivity index (χ2n) is 6.19. The molecule has 0 saturated carbocycles. The lowest BCUT2D eigenvalue weighted by Gasteiger charge is -2.21. The quantitative estimate of drug-likeness (QED) is 0.846. The number of carbonyl (C=O) groups is 1. The SMILES string of the molecule is CC(C)C(N)CCN(C)C(=O)c1cnn(-c2ccc(Cl)cc2Cl)c1. The minimum atomic E-state index is -0.0951. The maximum absolute atomic E-state index is 12.5. The molecule has 1 aromatic carbocycles. The normalized spacial score (nSPS) is 12.5. The van der Waals surface area contributed by atoms with Gasteiger partial charge in [-0.25, -0.2) is 4.68 Å². The van der Waals surface area contributed by atoms with Crippen LogP contribution in [0, 0.1) is 5.92 Å². The summed E-state index contributed by atoms with van der Waals surface area (Å²) >= 11 is 12.1. The van der Waals surface area contributed by atoms with Crippen LogP contribution in [0.15, 0.2) is 30.6 Å². The Morgan fingerprint density at radius 3 is 2.71 bits per heavy atom. The molecule has 0 spiro atoms. The Morgan fingerprint density at radius 1 is 1.38 bits per heavy atom. The molecule has 0 bridgehead atoms. The van der Waals surface area contributed by atoms with E-state index >= 15 is 0 Å². The van der Waals surface area contributed by atoms with Crippen LogP contribution < -0.4 is 5.73 Å². The Bertz CT molecular complexity index is 714. The molecule has 130 valence electrons. The number of rotatable bonds is 6. The number of carbonyl (C=O) groups excluding carboxylic acids is 1. The van der Waals surface area contributed by atoms with E-state index in [1.807, 2.05) is 0 Å². The van der Waals surface area contributed by atoms with Gasteiger partial charge in [0.25, 0.3) is 5.91 Å². The third kappa shape index (κ3) is 4.50. The average molecular weight is 369 g/mol. The molecule has 2 aromatic rings. The van der Waals surface area contributed by atoms with Gasteiger partial charge in [0.15, 0.2) is 0 Å². The summed E-state index contributed by atoms with van der Waals surface area (Å²) in [5, 5.41) is 5.24. The van der Waals surface area contributed by atoms with Gasteiger partial charge in [0.2, 0.25) is 0 Å². The Kier molecular flexibility index (Phi) is 6.27. The minimum Gasteiger partial charge on any atom is -0.342 e. The molecule has 1 amide bonds. The monoisotopic (exact) mass is 368 g/mol. The van der Waals surface area contributed by atoms with Crippen molar-refractivity contribution in [3.8, 4) is 5.69 Å². The topological polar surface area (TPSA) is 64.2 Å². The summed E-state index contributed by atoms with van der Waals surface area (Å²) in [6, 6.07) is 5.21. The molecule has 0 radical (unpaired) electrons. The highest BCUT2D eigenvalue weighted by atomic mass is 35.5. The molecule has 1 aromatic heterocycles. The summed E-state index contributed by atoms with van der Waals surface area (Å²) in [5.41, 5.74) is 7.21. The zero-order chi connectivity index (χ0) is 17.9. The molecule has 0 aliphatic carbocycles. The van der Waals surface area contributed by atoms with Crippen molar-refractivity contribution in [2.75, 3.05) is 13.6 Å². The van der Waals surface area contributed by atoms with Crippen LogP contribution in [0.4, 0.5) is 0 Å². The van der Waals surface area contributed by atoms with Crippen LogP contribution in [0.1, 0.15) is 30.6 Å². The van der Waals surface area contributed by atoms with Crippen LogP contribution in [0.25, 0.3) is 5.69 Å². The van der Waals surface area contributed by atoms with Gasteiger partial charge < -0.3 is 10.6 Å². The van der Waals surface area contributed by atoms with Crippen molar-refractivity contribution >= 4 is 29.1 Å². The third-order valence-corrected chi connectivity index (χ3v) is 4.52. The molecular formula is C17H22Cl2N4O. The second-order valence-corrected chi connectivity index (χ2v) is 7.04. The van der Waals surface area contributed by atoms with E-state index in [2.05, 4.69) is 18.9 Å². The Hall–Kier alpha value is -1.56. The standard InChI is InChI=1S/C17H22Cl2N4O/c1-11(2)15(20)6-7-22(3)17(24)12-9-21-23(10-12)16-5-4-13(18)8-14(16)19/h4-5,8-11,15H,6-7,20H2,1-3H3.